The highest BCUT2D eigenvalue weighted by Crippen LogP contribution is 2.36. The third-order valence-electron chi connectivity index (χ3n) is 5.81. The van der Waals surface area contributed by atoms with Crippen molar-refractivity contribution in [1.82, 2.24) is 20.2 Å². The summed E-state index contributed by atoms with van der Waals surface area (Å²) in [5, 5.41) is 20.9. The molecule has 0 unspecified atom stereocenters. The molecule has 10 nitrogen and oxygen atoms in total. The summed E-state index contributed by atoms with van der Waals surface area (Å²) in [6.07, 6.45) is 2.18. The molecule has 3 aromatic carbocycles. The maximum Gasteiger partial charge on any atom is 0.255 e. The van der Waals surface area contributed by atoms with Crippen LogP contribution in [0.3, 0.4) is 0 Å². The lowest BCUT2D eigenvalue weighted by Gasteiger charge is -2.10. The number of nitrogens with one attached hydrogen (secondary N) is 3. The number of tetrazole rings is 1. The second-order valence-electron chi connectivity index (χ2n) is 8.65. The van der Waals surface area contributed by atoms with Gasteiger partial charge in [-0.3, -0.25) is 9.59 Å². The third-order valence-corrected chi connectivity index (χ3v) is 5.81. The van der Waals surface area contributed by atoms with Crippen molar-refractivity contribution >= 4 is 28.9 Å². The molecule has 1 fully saturated rings. The third kappa shape index (κ3) is 6.10. The van der Waals surface area contributed by atoms with Gasteiger partial charge in [0, 0.05) is 28.2 Å². The number of hydrogen-bond donors (Lipinski definition) is 3. The molecule has 0 bridgehead atoms. The lowest BCUT2D eigenvalue weighted by Crippen LogP contribution is -2.21. The molecule has 5 rings (SSSR count). The summed E-state index contributed by atoms with van der Waals surface area (Å²) in [5.74, 6) is 1.02. The molecular formula is C27H27N7O3. The van der Waals surface area contributed by atoms with E-state index in [2.05, 4.69) is 31.5 Å². The van der Waals surface area contributed by atoms with Crippen LogP contribution in [0, 0.1) is 0 Å². The monoisotopic (exact) mass is 497 g/mol. The number of aromatic nitrogens is 4. The summed E-state index contributed by atoms with van der Waals surface area (Å²) < 4.78 is 7.27. The number of anilines is 3. The standard InChI is InChI=1S/C27H27N7O3/c1-2-37-24-14-10-21(11-15-24)30-27(36)18-6-8-20(9-7-18)29-25(35)17-28-22-5-3-4-19(16-22)26-31-32-33-34(26)23-12-13-23/h3-11,14-16,23,28H,2,12-13,17H2,1H3,(H,29,35)(H,30,36). The van der Waals surface area contributed by atoms with E-state index in [0.717, 1.165) is 35.7 Å². The van der Waals surface area contributed by atoms with Crippen molar-refractivity contribution in [3.63, 3.8) is 0 Å². The van der Waals surface area contributed by atoms with E-state index >= 15 is 0 Å². The summed E-state index contributed by atoms with van der Waals surface area (Å²) in [6.45, 7) is 2.58. The highest BCUT2D eigenvalue weighted by Gasteiger charge is 2.28. The van der Waals surface area contributed by atoms with E-state index in [4.69, 9.17) is 4.74 Å². The predicted molar refractivity (Wildman–Crippen MR) is 141 cm³/mol. The quantitative estimate of drug-likeness (QED) is 0.297. The van der Waals surface area contributed by atoms with Crippen molar-refractivity contribution in [3.8, 4) is 17.1 Å². The van der Waals surface area contributed by atoms with Crippen LogP contribution in [0.5, 0.6) is 5.75 Å². The van der Waals surface area contributed by atoms with E-state index in [9.17, 15) is 9.59 Å². The van der Waals surface area contributed by atoms with Crippen LogP contribution in [0.1, 0.15) is 36.2 Å². The highest BCUT2D eigenvalue weighted by atomic mass is 16.5. The molecule has 0 spiro atoms. The van der Waals surface area contributed by atoms with Crippen LogP contribution in [0.15, 0.2) is 72.8 Å². The van der Waals surface area contributed by atoms with Crippen LogP contribution in [-0.2, 0) is 4.79 Å². The fraction of sp³-hybridized carbons (Fsp3) is 0.222. The van der Waals surface area contributed by atoms with Crippen molar-refractivity contribution in [1.29, 1.82) is 0 Å². The fourth-order valence-corrected chi connectivity index (χ4v) is 3.81. The fourth-order valence-electron chi connectivity index (χ4n) is 3.81. The van der Waals surface area contributed by atoms with Crippen molar-refractivity contribution in [2.24, 2.45) is 0 Å². The normalized spacial score (nSPS) is 12.6. The average Bonchev–Trinajstić information content (AvgIpc) is 3.65. The molecule has 1 aliphatic carbocycles. The molecule has 0 atom stereocenters. The molecule has 1 aromatic heterocycles. The van der Waals surface area contributed by atoms with Gasteiger partial charge in [-0.05, 0) is 90.9 Å². The Morgan fingerprint density at radius 2 is 1.68 bits per heavy atom. The summed E-state index contributed by atoms with van der Waals surface area (Å²) >= 11 is 0. The van der Waals surface area contributed by atoms with E-state index in [1.807, 2.05) is 35.9 Å². The predicted octanol–water partition coefficient (Wildman–Crippen LogP) is 4.38. The van der Waals surface area contributed by atoms with Crippen molar-refractivity contribution < 1.29 is 14.3 Å². The minimum atomic E-state index is -0.240. The summed E-state index contributed by atoms with van der Waals surface area (Å²) in [7, 11) is 0. The molecule has 1 saturated carbocycles. The number of rotatable bonds is 10. The number of carbonyl (C=O) groups excluding carboxylic acids is 2. The molecule has 0 saturated heterocycles. The molecule has 1 heterocycles. The van der Waals surface area contributed by atoms with Crippen molar-refractivity contribution in [2.75, 3.05) is 29.1 Å². The van der Waals surface area contributed by atoms with E-state index in [1.54, 1.807) is 48.5 Å². The average molecular weight is 498 g/mol. The number of nitrogens with zero attached hydrogens (tertiary/aromatic N) is 4. The first-order chi connectivity index (χ1) is 18.1. The van der Waals surface area contributed by atoms with Gasteiger partial charge >= 0.3 is 0 Å². The number of hydrogen-bond acceptors (Lipinski definition) is 7. The maximum atomic E-state index is 12.5. The van der Waals surface area contributed by atoms with Crippen LogP contribution in [0.25, 0.3) is 11.4 Å². The van der Waals surface area contributed by atoms with Gasteiger partial charge in [-0.15, -0.1) is 5.10 Å². The topological polar surface area (TPSA) is 123 Å². The SMILES string of the molecule is CCOc1ccc(NC(=O)c2ccc(NC(=O)CNc3cccc(-c4nnnn4C4CC4)c3)cc2)cc1. The Kier molecular flexibility index (Phi) is 7.07. The van der Waals surface area contributed by atoms with Gasteiger partial charge in [0.1, 0.15) is 5.75 Å². The Balaban J connectivity index is 1.13. The van der Waals surface area contributed by atoms with Gasteiger partial charge in [0.2, 0.25) is 5.91 Å². The first-order valence-electron chi connectivity index (χ1n) is 12.2. The number of benzene rings is 3. The van der Waals surface area contributed by atoms with Crippen molar-refractivity contribution in [3.05, 3.63) is 78.4 Å². The van der Waals surface area contributed by atoms with Crippen molar-refractivity contribution in [2.45, 2.75) is 25.8 Å². The smallest absolute Gasteiger partial charge is 0.255 e. The Bertz CT molecular complexity index is 1380. The van der Waals surface area contributed by atoms with Gasteiger partial charge < -0.3 is 20.7 Å². The number of amides is 2. The molecule has 4 aromatic rings. The van der Waals surface area contributed by atoms with Gasteiger partial charge in [0.25, 0.3) is 5.91 Å². The largest absolute Gasteiger partial charge is 0.494 e. The zero-order valence-corrected chi connectivity index (χ0v) is 20.3. The number of ether oxygens (including phenoxy) is 1. The first-order valence-corrected chi connectivity index (χ1v) is 12.2. The maximum absolute atomic E-state index is 12.5. The minimum absolute atomic E-state index is 0.0804. The zero-order valence-electron chi connectivity index (χ0n) is 20.3. The van der Waals surface area contributed by atoms with E-state index in [-0.39, 0.29) is 18.4 Å². The Morgan fingerprint density at radius 1 is 0.946 bits per heavy atom. The molecule has 188 valence electrons. The molecule has 0 radical (unpaired) electrons. The molecule has 37 heavy (non-hydrogen) atoms. The Morgan fingerprint density at radius 3 is 2.41 bits per heavy atom. The first kappa shape index (κ1) is 24.0. The number of carbonyl (C=O) groups is 2. The van der Waals surface area contributed by atoms with Crippen LogP contribution in [0.2, 0.25) is 0 Å². The van der Waals surface area contributed by atoms with E-state index in [1.165, 1.54) is 0 Å². The molecule has 0 aliphatic heterocycles. The van der Waals surface area contributed by atoms with E-state index < -0.39 is 0 Å². The molecular weight excluding hydrogens is 470 g/mol. The van der Waals surface area contributed by atoms with E-state index in [0.29, 0.717) is 29.6 Å². The summed E-state index contributed by atoms with van der Waals surface area (Å²) in [6, 6.07) is 21.9. The zero-order chi connectivity index (χ0) is 25.6. The van der Waals surface area contributed by atoms with Crippen LogP contribution in [-0.4, -0.2) is 45.2 Å². The lowest BCUT2D eigenvalue weighted by atomic mass is 10.2. The summed E-state index contributed by atoms with van der Waals surface area (Å²) in [5.41, 5.74) is 3.43. The Hall–Kier alpha value is -4.73. The molecule has 1 aliphatic rings. The molecule has 2 amide bonds. The van der Waals surface area contributed by atoms with Gasteiger partial charge in [0.05, 0.1) is 19.2 Å². The van der Waals surface area contributed by atoms with Crippen LogP contribution in [0.4, 0.5) is 17.1 Å². The second-order valence-corrected chi connectivity index (χ2v) is 8.65. The van der Waals surface area contributed by atoms with Gasteiger partial charge in [-0.2, -0.15) is 0 Å². The van der Waals surface area contributed by atoms with Gasteiger partial charge in [0.15, 0.2) is 5.82 Å². The van der Waals surface area contributed by atoms with Crippen LogP contribution < -0.4 is 20.7 Å². The minimum Gasteiger partial charge on any atom is -0.494 e. The van der Waals surface area contributed by atoms with Gasteiger partial charge in [-0.1, -0.05) is 12.1 Å². The summed E-state index contributed by atoms with van der Waals surface area (Å²) in [4.78, 5) is 25.0. The second kappa shape index (κ2) is 10.9. The molecule has 3 N–H and O–H groups in total. The van der Waals surface area contributed by atoms with Crippen LogP contribution >= 0.6 is 0 Å². The molecule has 10 heteroatoms. The lowest BCUT2D eigenvalue weighted by molar-refractivity contribution is -0.114. The highest BCUT2D eigenvalue weighted by molar-refractivity contribution is 6.04. The Labute approximate surface area is 214 Å². The van der Waals surface area contributed by atoms with Gasteiger partial charge in [-0.25, -0.2) is 4.68 Å².